The van der Waals surface area contributed by atoms with Gasteiger partial charge in [-0.1, -0.05) is 23.5 Å². The number of benzene rings is 2. The fourth-order valence-corrected chi connectivity index (χ4v) is 5.06. The monoisotopic (exact) mass is 467 g/mol. The molecule has 4 rings (SSSR count). The summed E-state index contributed by atoms with van der Waals surface area (Å²) in [6, 6.07) is 16.0. The molecule has 4 aromatic rings. The van der Waals surface area contributed by atoms with E-state index in [1.165, 1.54) is 23.5 Å². The molecule has 0 N–H and O–H groups in total. The fourth-order valence-electron chi connectivity index (χ4n) is 3.21. The zero-order chi connectivity index (χ0) is 22.3. The summed E-state index contributed by atoms with van der Waals surface area (Å²) in [6.07, 6.45) is 4.57. The Hall–Kier alpha value is -2.97. The Bertz CT molecular complexity index is 1180. The van der Waals surface area contributed by atoms with Gasteiger partial charge in [0.1, 0.15) is 17.1 Å². The van der Waals surface area contributed by atoms with Crippen LogP contribution in [0.1, 0.15) is 18.4 Å². The van der Waals surface area contributed by atoms with Gasteiger partial charge in [0, 0.05) is 23.7 Å². The number of rotatable bonds is 9. The largest absolute Gasteiger partial charge is 0.494 e. The molecule has 2 aromatic heterocycles. The summed E-state index contributed by atoms with van der Waals surface area (Å²) in [5, 5.41) is 0.643. The molecule has 0 saturated heterocycles. The van der Waals surface area contributed by atoms with Crippen molar-refractivity contribution in [1.82, 2.24) is 9.97 Å². The van der Waals surface area contributed by atoms with Crippen LogP contribution >= 0.6 is 23.1 Å². The number of carbonyl (C=O) groups excluding carboxylic acids is 1. The van der Waals surface area contributed by atoms with Gasteiger partial charge in [0.15, 0.2) is 5.13 Å². The number of halogens is 1. The Kier molecular flexibility index (Phi) is 7.34. The molecule has 0 unspecified atom stereocenters. The van der Waals surface area contributed by atoms with Crippen LogP contribution in [-0.4, -0.2) is 28.7 Å². The first-order valence-corrected chi connectivity index (χ1v) is 12.0. The van der Waals surface area contributed by atoms with Crippen molar-refractivity contribution in [2.45, 2.75) is 24.3 Å². The molecule has 32 heavy (non-hydrogen) atoms. The van der Waals surface area contributed by atoms with Crippen LogP contribution in [0.15, 0.2) is 71.9 Å². The van der Waals surface area contributed by atoms with E-state index >= 15 is 0 Å². The van der Waals surface area contributed by atoms with Gasteiger partial charge in [-0.15, -0.1) is 11.8 Å². The number of thioether (sulfide) groups is 1. The van der Waals surface area contributed by atoms with Crippen molar-refractivity contribution in [3.63, 3.8) is 0 Å². The van der Waals surface area contributed by atoms with Crippen LogP contribution in [0.5, 0.6) is 5.75 Å². The molecule has 0 atom stereocenters. The van der Waals surface area contributed by atoms with Crippen molar-refractivity contribution in [3.8, 4) is 5.75 Å². The molecule has 0 bridgehead atoms. The van der Waals surface area contributed by atoms with Gasteiger partial charge in [-0.05, 0) is 60.2 Å². The zero-order valence-electron chi connectivity index (χ0n) is 17.5. The van der Waals surface area contributed by atoms with Gasteiger partial charge in [0.2, 0.25) is 5.91 Å². The topological polar surface area (TPSA) is 55.3 Å². The number of amides is 1. The van der Waals surface area contributed by atoms with E-state index in [0.29, 0.717) is 30.3 Å². The highest BCUT2D eigenvalue weighted by molar-refractivity contribution is 7.99. The maximum absolute atomic E-state index is 13.2. The van der Waals surface area contributed by atoms with Gasteiger partial charge in [0.05, 0.1) is 18.4 Å². The van der Waals surface area contributed by atoms with Crippen LogP contribution in [0.3, 0.4) is 0 Å². The molecule has 164 valence electrons. The molecule has 2 aromatic carbocycles. The van der Waals surface area contributed by atoms with Gasteiger partial charge in [-0.25, -0.2) is 9.37 Å². The molecular weight excluding hydrogens is 445 g/mol. The molecule has 0 saturated carbocycles. The summed E-state index contributed by atoms with van der Waals surface area (Å²) in [4.78, 5) is 24.8. The van der Waals surface area contributed by atoms with Crippen LogP contribution in [0, 0.1) is 5.82 Å². The number of hydrogen-bond donors (Lipinski definition) is 0. The highest BCUT2D eigenvalue weighted by atomic mass is 32.2. The Balaban J connectivity index is 1.48. The second-order valence-corrected chi connectivity index (χ2v) is 9.23. The first-order valence-electron chi connectivity index (χ1n) is 10.2. The molecule has 0 aliphatic heterocycles. The minimum absolute atomic E-state index is 0.00609. The molecular formula is C24H22FN3O2S2. The van der Waals surface area contributed by atoms with E-state index in [0.717, 1.165) is 26.4 Å². The highest BCUT2D eigenvalue weighted by Crippen LogP contribution is 2.35. The number of pyridine rings is 1. The third kappa shape index (κ3) is 5.44. The Labute approximate surface area is 194 Å². The predicted octanol–water partition coefficient (Wildman–Crippen LogP) is 5.94. The number of carbonyl (C=O) groups is 1. The summed E-state index contributed by atoms with van der Waals surface area (Å²) in [5.74, 6) is 1.22. The summed E-state index contributed by atoms with van der Waals surface area (Å²) >= 11 is 3.09. The molecule has 1 amide bonds. The van der Waals surface area contributed by atoms with Gasteiger partial charge >= 0.3 is 0 Å². The lowest BCUT2D eigenvalue weighted by Crippen LogP contribution is -2.30. The number of aromatic nitrogens is 2. The van der Waals surface area contributed by atoms with E-state index in [2.05, 4.69) is 4.98 Å². The van der Waals surface area contributed by atoms with E-state index in [9.17, 15) is 9.18 Å². The number of para-hydroxylation sites is 1. The number of anilines is 1. The summed E-state index contributed by atoms with van der Waals surface area (Å²) in [5.41, 5.74) is 1.69. The summed E-state index contributed by atoms with van der Waals surface area (Å²) in [6.45, 7) is 0.403. The average Bonchev–Trinajstić information content (AvgIpc) is 3.26. The quantitative estimate of drug-likeness (QED) is 0.225. The number of thiazole rings is 1. The second kappa shape index (κ2) is 10.6. The van der Waals surface area contributed by atoms with Gasteiger partial charge in [-0.3, -0.25) is 14.7 Å². The molecule has 5 nitrogen and oxygen atoms in total. The second-order valence-electron chi connectivity index (χ2n) is 7.05. The molecule has 0 aliphatic rings. The maximum Gasteiger partial charge on any atom is 0.229 e. The lowest BCUT2D eigenvalue weighted by atomic mass is 10.2. The van der Waals surface area contributed by atoms with Crippen LogP contribution < -0.4 is 9.64 Å². The average molecular weight is 468 g/mol. The summed E-state index contributed by atoms with van der Waals surface area (Å²) < 4.78 is 19.5. The Morgan fingerprint density at radius 3 is 2.75 bits per heavy atom. The summed E-state index contributed by atoms with van der Waals surface area (Å²) in [7, 11) is 1.62. The highest BCUT2D eigenvalue weighted by Gasteiger charge is 2.21. The van der Waals surface area contributed by atoms with Crippen LogP contribution in [-0.2, 0) is 11.3 Å². The molecule has 0 spiro atoms. The van der Waals surface area contributed by atoms with E-state index in [1.807, 2.05) is 30.3 Å². The first-order chi connectivity index (χ1) is 15.6. The lowest BCUT2D eigenvalue weighted by Gasteiger charge is -2.20. The van der Waals surface area contributed by atoms with Crippen molar-refractivity contribution in [2.75, 3.05) is 17.8 Å². The van der Waals surface area contributed by atoms with Crippen molar-refractivity contribution in [2.24, 2.45) is 0 Å². The lowest BCUT2D eigenvalue weighted by molar-refractivity contribution is -0.118. The van der Waals surface area contributed by atoms with Crippen molar-refractivity contribution in [1.29, 1.82) is 0 Å². The van der Waals surface area contributed by atoms with Gasteiger partial charge < -0.3 is 4.74 Å². The third-order valence-electron chi connectivity index (χ3n) is 4.80. The van der Waals surface area contributed by atoms with E-state index in [-0.39, 0.29) is 11.7 Å². The smallest absolute Gasteiger partial charge is 0.229 e. The van der Waals surface area contributed by atoms with Crippen LogP contribution in [0.2, 0.25) is 0 Å². The van der Waals surface area contributed by atoms with Crippen LogP contribution in [0.25, 0.3) is 10.2 Å². The zero-order valence-corrected chi connectivity index (χ0v) is 19.2. The molecule has 0 radical (unpaired) electrons. The van der Waals surface area contributed by atoms with E-state index in [1.54, 1.807) is 48.3 Å². The molecule has 0 aliphatic carbocycles. The molecule has 2 heterocycles. The normalized spacial score (nSPS) is 10.9. The van der Waals surface area contributed by atoms with E-state index in [4.69, 9.17) is 9.72 Å². The fraction of sp³-hybridized carbons (Fsp3) is 0.208. The first kappa shape index (κ1) is 22.2. The maximum atomic E-state index is 13.2. The third-order valence-corrected chi connectivity index (χ3v) is 6.95. The van der Waals surface area contributed by atoms with Crippen molar-refractivity contribution < 1.29 is 13.9 Å². The number of ether oxygens (including phenoxy) is 1. The minimum Gasteiger partial charge on any atom is -0.494 e. The Morgan fingerprint density at radius 1 is 1.16 bits per heavy atom. The molecule has 8 heteroatoms. The predicted molar refractivity (Wildman–Crippen MR) is 128 cm³/mol. The van der Waals surface area contributed by atoms with Crippen LogP contribution in [0.4, 0.5) is 9.52 Å². The number of hydrogen-bond acceptors (Lipinski definition) is 6. The SMILES string of the molecule is COc1cccc2sc(N(Cc3cccnc3)C(=O)CCCSc3ccc(F)cc3)nc12. The number of methoxy groups -OCH3 is 1. The number of fused-ring (bicyclic) bond motifs is 1. The minimum atomic E-state index is -0.247. The standard InChI is InChI=1S/C24H22FN3O2S2/c1-30-20-6-2-7-21-23(20)27-24(32-21)28(16-17-5-3-13-26-15-17)22(29)8-4-14-31-19-11-9-18(25)10-12-19/h2-3,5-7,9-13,15H,4,8,14,16H2,1H3. The van der Waals surface area contributed by atoms with Crippen molar-refractivity contribution in [3.05, 3.63) is 78.4 Å². The van der Waals surface area contributed by atoms with Crippen molar-refractivity contribution >= 4 is 44.4 Å². The van der Waals surface area contributed by atoms with Gasteiger partial charge in [0.25, 0.3) is 0 Å². The Morgan fingerprint density at radius 2 is 2.00 bits per heavy atom. The van der Waals surface area contributed by atoms with E-state index < -0.39 is 0 Å². The number of nitrogens with zero attached hydrogens (tertiary/aromatic N) is 3. The molecule has 0 fully saturated rings. The van der Waals surface area contributed by atoms with Gasteiger partial charge in [-0.2, -0.15) is 0 Å².